The van der Waals surface area contributed by atoms with E-state index in [1.165, 1.54) is 6.33 Å². The second-order valence-corrected chi connectivity index (χ2v) is 3.05. The van der Waals surface area contributed by atoms with Crippen molar-refractivity contribution in [3.8, 4) is 0 Å². The lowest BCUT2D eigenvalue weighted by atomic mass is 10.4. The van der Waals surface area contributed by atoms with E-state index in [1.54, 1.807) is 6.07 Å². The van der Waals surface area contributed by atoms with Crippen molar-refractivity contribution in [2.75, 3.05) is 23.3 Å². The molecule has 0 saturated carbocycles. The normalized spacial score (nSPS) is 10.2. The van der Waals surface area contributed by atoms with Crippen LogP contribution in [0.1, 0.15) is 5.89 Å². The van der Waals surface area contributed by atoms with Gasteiger partial charge in [0.15, 0.2) is 6.33 Å². The van der Waals surface area contributed by atoms with Gasteiger partial charge in [0, 0.05) is 19.0 Å². The maximum Gasteiger partial charge on any atom is 0.228 e. The molecule has 0 amide bonds. The highest BCUT2D eigenvalue weighted by molar-refractivity contribution is 5.48. The highest BCUT2D eigenvalue weighted by Gasteiger charge is 2.01. The fourth-order valence-corrected chi connectivity index (χ4v) is 1.18. The van der Waals surface area contributed by atoms with Crippen molar-refractivity contribution >= 4 is 17.6 Å². The molecule has 0 aliphatic carbocycles. The molecule has 8 heteroatoms. The topological polar surface area (TPSA) is 129 Å². The maximum absolute atomic E-state index is 5.51. The number of hydrogen-bond donors (Lipinski definition) is 3. The molecular weight excluding hydrogens is 210 g/mol. The third-order valence-electron chi connectivity index (χ3n) is 1.82. The van der Waals surface area contributed by atoms with E-state index in [0.29, 0.717) is 30.5 Å². The van der Waals surface area contributed by atoms with Crippen molar-refractivity contribution in [3.63, 3.8) is 0 Å². The molecule has 0 aliphatic heterocycles. The molecule has 2 heterocycles. The molecule has 16 heavy (non-hydrogen) atoms. The molecule has 8 nitrogen and oxygen atoms in total. The number of hydrogen-bond acceptors (Lipinski definition) is 8. The SMILES string of the molecule is Nc1cc(NCCc2ncno2)nc(N)n1. The monoisotopic (exact) mass is 221 g/mol. The Labute approximate surface area is 91.1 Å². The molecule has 5 N–H and O–H groups in total. The van der Waals surface area contributed by atoms with E-state index in [4.69, 9.17) is 16.0 Å². The summed E-state index contributed by atoms with van der Waals surface area (Å²) in [6, 6.07) is 1.60. The van der Waals surface area contributed by atoms with Crippen LogP contribution < -0.4 is 16.8 Å². The van der Waals surface area contributed by atoms with E-state index in [1.807, 2.05) is 0 Å². The van der Waals surface area contributed by atoms with Crippen LogP contribution in [0.5, 0.6) is 0 Å². The van der Waals surface area contributed by atoms with Gasteiger partial charge in [-0.15, -0.1) is 0 Å². The summed E-state index contributed by atoms with van der Waals surface area (Å²) in [6.07, 6.45) is 1.96. The first kappa shape index (κ1) is 10.1. The second kappa shape index (κ2) is 4.43. The predicted octanol–water partition coefficient (Wildman–Crippen LogP) is -0.321. The Kier molecular flexibility index (Phi) is 2.81. The zero-order valence-electron chi connectivity index (χ0n) is 8.42. The van der Waals surface area contributed by atoms with Crippen LogP contribution in [-0.2, 0) is 6.42 Å². The molecular formula is C8H11N7O. The van der Waals surface area contributed by atoms with Crippen LogP contribution >= 0.6 is 0 Å². The van der Waals surface area contributed by atoms with Crippen LogP contribution in [0.25, 0.3) is 0 Å². The van der Waals surface area contributed by atoms with Gasteiger partial charge in [-0.05, 0) is 0 Å². The Morgan fingerprint density at radius 1 is 1.31 bits per heavy atom. The summed E-state index contributed by atoms with van der Waals surface area (Å²) >= 11 is 0. The summed E-state index contributed by atoms with van der Waals surface area (Å²) in [5.41, 5.74) is 11.0. The molecule has 0 bridgehead atoms. The molecule has 2 rings (SSSR count). The fourth-order valence-electron chi connectivity index (χ4n) is 1.18. The van der Waals surface area contributed by atoms with Crippen LogP contribution in [0.3, 0.4) is 0 Å². The Morgan fingerprint density at radius 2 is 2.19 bits per heavy atom. The lowest BCUT2D eigenvalue weighted by Gasteiger charge is -2.04. The Hall–Kier alpha value is -2.38. The average molecular weight is 221 g/mol. The van der Waals surface area contributed by atoms with E-state index >= 15 is 0 Å². The number of nitrogens with two attached hydrogens (primary N) is 2. The summed E-state index contributed by atoms with van der Waals surface area (Å²) in [4.78, 5) is 11.6. The fraction of sp³-hybridized carbons (Fsp3) is 0.250. The minimum absolute atomic E-state index is 0.139. The van der Waals surface area contributed by atoms with Crippen LogP contribution in [0.15, 0.2) is 16.9 Å². The summed E-state index contributed by atoms with van der Waals surface area (Å²) in [6.45, 7) is 0.595. The Balaban J connectivity index is 1.89. The summed E-state index contributed by atoms with van der Waals surface area (Å²) in [5, 5.41) is 6.52. The van der Waals surface area contributed by atoms with Gasteiger partial charge >= 0.3 is 0 Å². The number of nitrogen functional groups attached to an aromatic ring is 2. The predicted molar refractivity (Wildman–Crippen MR) is 57.3 cm³/mol. The van der Waals surface area contributed by atoms with Gasteiger partial charge in [-0.25, -0.2) is 0 Å². The first-order valence-electron chi connectivity index (χ1n) is 4.63. The minimum atomic E-state index is 0.139. The van der Waals surface area contributed by atoms with E-state index in [9.17, 15) is 0 Å². The third kappa shape index (κ3) is 2.56. The van der Waals surface area contributed by atoms with Gasteiger partial charge in [0.25, 0.3) is 0 Å². The average Bonchev–Trinajstić information content (AvgIpc) is 2.69. The number of anilines is 3. The van der Waals surface area contributed by atoms with Crippen molar-refractivity contribution in [3.05, 3.63) is 18.3 Å². The number of nitrogens with zero attached hydrogens (tertiary/aromatic N) is 4. The quantitative estimate of drug-likeness (QED) is 0.640. The molecule has 0 aromatic carbocycles. The van der Waals surface area contributed by atoms with Crippen LogP contribution in [0, 0.1) is 0 Å². The van der Waals surface area contributed by atoms with Gasteiger partial charge < -0.3 is 21.3 Å². The first-order valence-corrected chi connectivity index (χ1v) is 4.63. The second-order valence-electron chi connectivity index (χ2n) is 3.05. The van der Waals surface area contributed by atoms with Gasteiger partial charge in [-0.3, -0.25) is 0 Å². The molecule has 0 aliphatic rings. The molecule has 84 valence electrons. The molecule has 0 saturated heterocycles. The third-order valence-corrected chi connectivity index (χ3v) is 1.82. The van der Waals surface area contributed by atoms with Crippen molar-refractivity contribution in [2.24, 2.45) is 0 Å². The first-order chi connectivity index (χ1) is 7.74. The van der Waals surface area contributed by atoms with Gasteiger partial charge in [0.2, 0.25) is 11.8 Å². The van der Waals surface area contributed by atoms with Crippen molar-refractivity contribution < 1.29 is 4.52 Å². The van der Waals surface area contributed by atoms with Gasteiger partial charge in [0.05, 0.1) is 0 Å². The Morgan fingerprint density at radius 3 is 2.88 bits per heavy atom. The number of nitrogens with one attached hydrogen (secondary N) is 1. The van der Waals surface area contributed by atoms with E-state index in [0.717, 1.165) is 0 Å². The van der Waals surface area contributed by atoms with Gasteiger partial charge in [-0.1, -0.05) is 5.16 Å². The summed E-state index contributed by atoms with van der Waals surface area (Å²) in [7, 11) is 0. The summed E-state index contributed by atoms with van der Waals surface area (Å²) < 4.78 is 4.84. The maximum atomic E-state index is 5.51. The number of rotatable bonds is 4. The zero-order chi connectivity index (χ0) is 11.4. The Bertz CT molecular complexity index is 435. The van der Waals surface area contributed by atoms with Gasteiger partial charge in [0.1, 0.15) is 11.6 Å². The highest BCUT2D eigenvalue weighted by Crippen LogP contribution is 2.08. The zero-order valence-corrected chi connectivity index (χ0v) is 8.42. The molecule has 0 spiro atoms. The molecule has 0 fully saturated rings. The molecule has 0 unspecified atom stereocenters. The lowest BCUT2D eigenvalue weighted by Crippen LogP contribution is -2.09. The number of aromatic nitrogens is 4. The van der Waals surface area contributed by atoms with Crippen LogP contribution in [-0.4, -0.2) is 26.7 Å². The standard InChI is InChI=1S/C8H11N7O/c9-5-3-6(15-8(10)14-5)11-2-1-7-12-4-13-16-7/h3-4H,1-2H2,(H5,9,10,11,14,15). The van der Waals surface area contributed by atoms with Crippen molar-refractivity contribution in [1.29, 1.82) is 0 Å². The van der Waals surface area contributed by atoms with Crippen LogP contribution in [0.2, 0.25) is 0 Å². The molecule has 0 radical (unpaired) electrons. The highest BCUT2D eigenvalue weighted by atomic mass is 16.5. The summed E-state index contributed by atoms with van der Waals surface area (Å²) in [5.74, 6) is 1.60. The van der Waals surface area contributed by atoms with Crippen LogP contribution in [0.4, 0.5) is 17.6 Å². The molecule has 2 aromatic rings. The van der Waals surface area contributed by atoms with Gasteiger partial charge in [-0.2, -0.15) is 15.0 Å². The smallest absolute Gasteiger partial charge is 0.228 e. The largest absolute Gasteiger partial charge is 0.383 e. The molecule has 2 aromatic heterocycles. The van der Waals surface area contributed by atoms with E-state index in [-0.39, 0.29) is 5.95 Å². The molecule has 0 atom stereocenters. The minimum Gasteiger partial charge on any atom is -0.383 e. The van der Waals surface area contributed by atoms with Crippen molar-refractivity contribution in [2.45, 2.75) is 6.42 Å². The lowest BCUT2D eigenvalue weighted by molar-refractivity contribution is 0.379. The van der Waals surface area contributed by atoms with E-state index < -0.39 is 0 Å². The van der Waals surface area contributed by atoms with E-state index in [2.05, 4.69) is 25.4 Å². The van der Waals surface area contributed by atoms with Crippen molar-refractivity contribution in [1.82, 2.24) is 20.1 Å².